The van der Waals surface area contributed by atoms with E-state index in [2.05, 4.69) is 37.9 Å². The molecule has 1 unspecified atom stereocenters. The summed E-state index contributed by atoms with van der Waals surface area (Å²) in [5.41, 5.74) is 0.445. The van der Waals surface area contributed by atoms with Crippen molar-refractivity contribution in [2.45, 2.75) is 52.5 Å². The molecule has 0 aliphatic carbocycles. The molecule has 15 heavy (non-hydrogen) atoms. The monoisotopic (exact) mass is 212 g/mol. The highest BCUT2D eigenvalue weighted by atomic mass is 15.2. The van der Waals surface area contributed by atoms with E-state index in [1.807, 2.05) is 0 Å². The smallest absolute Gasteiger partial charge is 0.0176 e. The maximum atomic E-state index is 3.47. The van der Waals surface area contributed by atoms with Crippen LogP contribution < -0.4 is 5.32 Å². The normalized spacial score (nSPS) is 23.6. The van der Waals surface area contributed by atoms with Crippen molar-refractivity contribution in [1.82, 2.24) is 10.2 Å². The van der Waals surface area contributed by atoms with Gasteiger partial charge in [-0.3, -0.25) is 4.90 Å². The zero-order chi connectivity index (χ0) is 11.3. The Morgan fingerprint density at radius 2 is 1.93 bits per heavy atom. The molecule has 1 atom stereocenters. The van der Waals surface area contributed by atoms with Gasteiger partial charge >= 0.3 is 0 Å². The maximum Gasteiger partial charge on any atom is 0.0176 e. The van der Waals surface area contributed by atoms with Gasteiger partial charge in [-0.15, -0.1) is 0 Å². The summed E-state index contributed by atoms with van der Waals surface area (Å²) in [7, 11) is 0. The molecule has 0 aromatic carbocycles. The van der Waals surface area contributed by atoms with Crippen LogP contribution >= 0.6 is 0 Å². The van der Waals surface area contributed by atoms with E-state index in [4.69, 9.17) is 0 Å². The summed E-state index contributed by atoms with van der Waals surface area (Å²) in [5.74, 6) is 0.877. The van der Waals surface area contributed by atoms with Crippen molar-refractivity contribution in [3.63, 3.8) is 0 Å². The molecular weight excluding hydrogens is 184 g/mol. The molecular formula is C13H28N2. The van der Waals surface area contributed by atoms with E-state index < -0.39 is 0 Å². The van der Waals surface area contributed by atoms with Gasteiger partial charge in [0.2, 0.25) is 0 Å². The van der Waals surface area contributed by atoms with Crippen LogP contribution in [0.3, 0.4) is 0 Å². The summed E-state index contributed by atoms with van der Waals surface area (Å²) in [6.07, 6.45) is 3.93. The van der Waals surface area contributed by atoms with Crippen LogP contribution in [0.5, 0.6) is 0 Å². The highest BCUT2D eigenvalue weighted by molar-refractivity contribution is 4.89. The third-order valence-electron chi connectivity index (χ3n) is 4.26. The first-order valence-electron chi connectivity index (χ1n) is 6.62. The van der Waals surface area contributed by atoms with Crippen LogP contribution in [0, 0.1) is 5.92 Å². The number of nitrogens with zero attached hydrogens (tertiary/aromatic N) is 1. The van der Waals surface area contributed by atoms with E-state index in [9.17, 15) is 0 Å². The zero-order valence-electron chi connectivity index (χ0n) is 11.0. The average molecular weight is 212 g/mol. The predicted octanol–water partition coefficient (Wildman–Crippen LogP) is 2.50. The second-order valence-corrected chi connectivity index (χ2v) is 5.11. The molecule has 0 radical (unpaired) electrons. The largest absolute Gasteiger partial charge is 0.317 e. The van der Waals surface area contributed by atoms with Crippen molar-refractivity contribution in [2.24, 2.45) is 5.92 Å². The molecule has 0 aromatic heterocycles. The van der Waals surface area contributed by atoms with Gasteiger partial charge in [0.15, 0.2) is 0 Å². The summed E-state index contributed by atoms with van der Waals surface area (Å²) in [6, 6.07) is 0. The minimum atomic E-state index is 0.445. The summed E-state index contributed by atoms with van der Waals surface area (Å²) in [6.45, 7) is 14.2. The quantitative estimate of drug-likeness (QED) is 0.728. The van der Waals surface area contributed by atoms with Gasteiger partial charge in [0.25, 0.3) is 0 Å². The number of hydrogen-bond donors (Lipinski definition) is 1. The van der Waals surface area contributed by atoms with Crippen LogP contribution in [0.15, 0.2) is 0 Å². The Morgan fingerprint density at radius 1 is 1.27 bits per heavy atom. The molecule has 1 aliphatic rings. The Labute approximate surface area is 95.4 Å². The Morgan fingerprint density at radius 3 is 2.47 bits per heavy atom. The second-order valence-electron chi connectivity index (χ2n) is 5.11. The van der Waals surface area contributed by atoms with Crippen LogP contribution in [0.4, 0.5) is 0 Å². The Kier molecular flexibility index (Phi) is 5.07. The van der Waals surface area contributed by atoms with Crippen molar-refractivity contribution >= 4 is 0 Å². The van der Waals surface area contributed by atoms with E-state index in [0.29, 0.717) is 5.54 Å². The summed E-state index contributed by atoms with van der Waals surface area (Å²) in [5, 5.41) is 3.47. The number of nitrogens with one attached hydrogen (secondary N) is 1. The van der Waals surface area contributed by atoms with Crippen LogP contribution in [0.25, 0.3) is 0 Å². The molecule has 1 saturated heterocycles. The fourth-order valence-corrected chi connectivity index (χ4v) is 2.54. The number of hydrogen-bond acceptors (Lipinski definition) is 2. The lowest BCUT2D eigenvalue weighted by Gasteiger charge is -2.37. The van der Waals surface area contributed by atoms with Gasteiger partial charge in [-0.2, -0.15) is 0 Å². The number of likely N-dealkylation sites (tertiary alicyclic amines) is 1. The van der Waals surface area contributed by atoms with Gasteiger partial charge < -0.3 is 5.32 Å². The van der Waals surface area contributed by atoms with Crippen molar-refractivity contribution in [3.05, 3.63) is 0 Å². The highest BCUT2D eigenvalue weighted by Gasteiger charge is 2.33. The molecule has 2 nitrogen and oxygen atoms in total. The molecule has 0 saturated carbocycles. The van der Waals surface area contributed by atoms with Gasteiger partial charge in [-0.05, 0) is 51.7 Å². The summed E-state index contributed by atoms with van der Waals surface area (Å²) >= 11 is 0. The van der Waals surface area contributed by atoms with E-state index in [-0.39, 0.29) is 0 Å². The Balaban J connectivity index is 2.40. The minimum Gasteiger partial charge on any atom is -0.317 e. The lowest BCUT2D eigenvalue weighted by atomic mass is 9.93. The maximum absolute atomic E-state index is 3.47. The van der Waals surface area contributed by atoms with Gasteiger partial charge in [0.1, 0.15) is 0 Å². The fourth-order valence-electron chi connectivity index (χ4n) is 2.54. The molecule has 1 heterocycles. The molecule has 1 fully saturated rings. The van der Waals surface area contributed by atoms with Gasteiger partial charge in [-0.1, -0.05) is 20.8 Å². The first kappa shape index (κ1) is 13.0. The molecule has 0 amide bonds. The van der Waals surface area contributed by atoms with E-state index in [0.717, 1.165) is 12.5 Å². The van der Waals surface area contributed by atoms with E-state index in [1.54, 1.807) is 0 Å². The third-order valence-corrected chi connectivity index (χ3v) is 4.26. The van der Waals surface area contributed by atoms with Gasteiger partial charge in [0, 0.05) is 12.1 Å². The summed E-state index contributed by atoms with van der Waals surface area (Å²) < 4.78 is 0. The van der Waals surface area contributed by atoms with Crippen LogP contribution in [0.1, 0.15) is 47.0 Å². The Hall–Kier alpha value is -0.0800. The first-order valence-corrected chi connectivity index (χ1v) is 6.62. The first-order chi connectivity index (χ1) is 7.16. The van der Waals surface area contributed by atoms with Crippen molar-refractivity contribution in [1.29, 1.82) is 0 Å². The second kappa shape index (κ2) is 5.86. The van der Waals surface area contributed by atoms with Crippen LogP contribution in [-0.2, 0) is 0 Å². The van der Waals surface area contributed by atoms with Crippen molar-refractivity contribution < 1.29 is 0 Å². The fraction of sp³-hybridized carbons (Fsp3) is 1.00. The topological polar surface area (TPSA) is 15.3 Å². The Bertz CT molecular complexity index is 175. The molecule has 1 N–H and O–H groups in total. The van der Waals surface area contributed by atoms with Crippen LogP contribution in [-0.4, -0.2) is 36.6 Å². The third kappa shape index (κ3) is 3.18. The minimum absolute atomic E-state index is 0.445. The molecule has 90 valence electrons. The molecule has 0 spiro atoms. The average Bonchev–Trinajstić information content (AvgIpc) is 2.74. The molecule has 1 aliphatic heterocycles. The van der Waals surface area contributed by atoms with E-state index >= 15 is 0 Å². The summed E-state index contributed by atoms with van der Waals surface area (Å²) in [4.78, 5) is 2.70. The molecule has 2 heteroatoms. The zero-order valence-corrected chi connectivity index (χ0v) is 11.0. The predicted molar refractivity (Wildman–Crippen MR) is 67.2 cm³/mol. The van der Waals surface area contributed by atoms with Crippen LogP contribution in [0.2, 0.25) is 0 Å². The molecule has 1 rings (SSSR count). The molecule has 0 bridgehead atoms. The van der Waals surface area contributed by atoms with Gasteiger partial charge in [-0.25, -0.2) is 0 Å². The molecule has 0 aromatic rings. The van der Waals surface area contributed by atoms with E-state index in [1.165, 1.54) is 38.9 Å². The van der Waals surface area contributed by atoms with Crippen molar-refractivity contribution in [3.8, 4) is 0 Å². The van der Waals surface area contributed by atoms with Gasteiger partial charge in [0.05, 0.1) is 0 Å². The lowest BCUT2D eigenvalue weighted by molar-refractivity contribution is 0.120. The SMILES string of the molecule is CCNCC1CCN(C(C)(CC)CC)C1. The lowest BCUT2D eigenvalue weighted by Crippen LogP contribution is -2.44. The van der Waals surface area contributed by atoms with Crippen molar-refractivity contribution in [2.75, 3.05) is 26.2 Å². The standard InChI is InChI=1S/C13H28N2/c1-5-13(4,6-2)15-9-8-12(11-15)10-14-7-3/h12,14H,5-11H2,1-4H3. The highest BCUT2D eigenvalue weighted by Crippen LogP contribution is 2.29. The number of rotatable bonds is 6.